The first-order valence-corrected chi connectivity index (χ1v) is 9.53. The van der Waals surface area contributed by atoms with E-state index in [1.54, 1.807) is 38.5 Å². The van der Waals surface area contributed by atoms with Crippen molar-refractivity contribution in [1.29, 1.82) is 0 Å². The Morgan fingerprint density at radius 1 is 1.14 bits per heavy atom. The minimum Gasteiger partial charge on any atom is -0.507 e. The van der Waals surface area contributed by atoms with Gasteiger partial charge in [-0.2, -0.15) is 0 Å². The smallest absolute Gasteiger partial charge is 0.231 e. The minimum atomic E-state index is -0.219. The zero-order chi connectivity index (χ0) is 20.4. The Morgan fingerprint density at radius 2 is 1.93 bits per heavy atom. The summed E-state index contributed by atoms with van der Waals surface area (Å²) < 4.78 is 22.1. The Hall–Kier alpha value is -3.03. The quantitative estimate of drug-likeness (QED) is 0.743. The number of ether oxygens (including phenoxy) is 4. The van der Waals surface area contributed by atoms with Gasteiger partial charge in [-0.25, -0.2) is 0 Å². The number of phenolic OH excluding ortho intramolecular Hbond substituents is 1. The van der Waals surface area contributed by atoms with Crippen molar-refractivity contribution < 1.29 is 33.7 Å². The number of nitrogens with one attached hydrogen (secondary N) is 1. The number of allylic oxidation sites excluding steroid dienone is 1. The number of morpholine rings is 1. The van der Waals surface area contributed by atoms with Gasteiger partial charge in [0.25, 0.3) is 0 Å². The lowest BCUT2D eigenvalue weighted by Crippen LogP contribution is -3.12. The van der Waals surface area contributed by atoms with E-state index in [0.717, 1.165) is 13.1 Å². The molecule has 0 bridgehead atoms. The molecule has 152 valence electrons. The highest BCUT2D eigenvalue weighted by molar-refractivity contribution is 6.15. The van der Waals surface area contributed by atoms with Crippen LogP contribution >= 0.6 is 0 Å². The highest BCUT2D eigenvalue weighted by Gasteiger charge is 2.33. The van der Waals surface area contributed by atoms with Crippen LogP contribution in [0.5, 0.6) is 23.0 Å². The molecular weight excluding hydrogens is 374 g/mol. The molecule has 0 amide bonds. The number of methoxy groups -OCH3 is 2. The summed E-state index contributed by atoms with van der Waals surface area (Å²) >= 11 is 0. The third-order valence-electron chi connectivity index (χ3n) is 5.26. The van der Waals surface area contributed by atoms with Crippen LogP contribution in [-0.4, -0.2) is 51.4 Å². The Morgan fingerprint density at radius 3 is 2.66 bits per heavy atom. The maximum absolute atomic E-state index is 12.9. The average Bonchev–Trinajstić information content (AvgIpc) is 3.06. The molecule has 2 heterocycles. The number of Topliss-reactive ketones (excluding diaryl/α,β-unsaturated/α-hetero) is 1. The number of phenols is 1. The normalized spacial score (nSPS) is 17.9. The maximum atomic E-state index is 12.9. The molecule has 7 heteroatoms. The first kappa shape index (κ1) is 19.3. The van der Waals surface area contributed by atoms with E-state index in [0.29, 0.717) is 53.7 Å². The second-order valence-electron chi connectivity index (χ2n) is 7.00. The third kappa shape index (κ3) is 3.66. The molecule has 2 aromatic carbocycles. The number of quaternary nitrogens is 1. The first-order chi connectivity index (χ1) is 14.1. The van der Waals surface area contributed by atoms with Crippen molar-refractivity contribution in [2.24, 2.45) is 0 Å². The summed E-state index contributed by atoms with van der Waals surface area (Å²) in [7, 11) is 3.11. The second-order valence-corrected chi connectivity index (χ2v) is 7.00. The highest BCUT2D eigenvalue weighted by atomic mass is 16.5. The predicted molar refractivity (Wildman–Crippen MR) is 106 cm³/mol. The standard InChI is InChI=1S/C22H23NO6/c1-26-18-5-3-4-14(21(18)27-2)12-19-20(25)15-6-7-17(24)16(22(15)29-19)13-23-8-10-28-11-9-23/h3-7,12,24H,8-11,13H2,1-2H3/p+1/b19-12-. The van der Waals surface area contributed by atoms with E-state index < -0.39 is 0 Å². The van der Waals surface area contributed by atoms with Gasteiger partial charge in [0.1, 0.15) is 25.4 Å². The summed E-state index contributed by atoms with van der Waals surface area (Å²) in [5.41, 5.74) is 1.78. The molecule has 2 aliphatic rings. The van der Waals surface area contributed by atoms with Gasteiger partial charge in [0.15, 0.2) is 23.0 Å². The number of rotatable bonds is 5. The molecule has 1 fully saturated rings. The van der Waals surface area contributed by atoms with Crippen LogP contribution in [-0.2, 0) is 11.3 Å². The average molecular weight is 398 g/mol. The molecule has 2 N–H and O–H groups in total. The summed E-state index contributed by atoms with van der Waals surface area (Å²) in [5, 5.41) is 10.4. The zero-order valence-electron chi connectivity index (χ0n) is 16.5. The van der Waals surface area contributed by atoms with Crippen molar-refractivity contribution in [2.75, 3.05) is 40.5 Å². The molecule has 7 nitrogen and oxygen atoms in total. The van der Waals surface area contributed by atoms with Crippen molar-refractivity contribution in [3.05, 3.63) is 52.8 Å². The fourth-order valence-corrected chi connectivity index (χ4v) is 3.72. The van der Waals surface area contributed by atoms with Gasteiger partial charge in [-0.05, 0) is 24.3 Å². The van der Waals surface area contributed by atoms with Crippen LogP contribution in [0.25, 0.3) is 6.08 Å². The number of carbonyl (C=O) groups is 1. The highest BCUT2D eigenvalue weighted by Crippen LogP contribution is 2.40. The Kier molecular flexibility index (Phi) is 5.42. The second kappa shape index (κ2) is 8.14. The molecule has 0 saturated carbocycles. The number of hydrogen-bond donors (Lipinski definition) is 2. The Bertz CT molecular complexity index is 962. The molecule has 0 atom stereocenters. The Labute approximate surface area is 169 Å². The van der Waals surface area contributed by atoms with Gasteiger partial charge >= 0.3 is 0 Å². The number of hydrogen-bond acceptors (Lipinski definition) is 6. The lowest BCUT2D eigenvalue weighted by atomic mass is 10.0. The number of fused-ring (bicyclic) bond motifs is 1. The van der Waals surface area contributed by atoms with E-state index in [1.165, 1.54) is 4.90 Å². The van der Waals surface area contributed by atoms with Gasteiger partial charge in [-0.1, -0.05) is 12.1 Å². The summed E-state index contributed by atoms with van der Waals surface area (Å²) in [5.74, 6) is 1.63. The molecule has 4 rings (SSSR count). The summed E-state index contributed by atoms with van der Waals surface area (Å²) in [4.78, 5) is 14.2. The van der Waals surface area contributed by atoms with E-state index in [-0.39, 0.29) is 17.3 Å². The van der Waals surface area contributed by atoms with Gasteiger partial charge in [0, 0.05) is 5.56 Å². The molecule has 0 aliphatic carbocycles. The number of benzene rings is 2. The lowest BCUT2D eigenvalue weighted by Gasteiger charge is -2.24. The van der Waals surface area contributed by atoms with Crippen LogP contribution in [0.1, 0.15) is 21.5 Å². The number of para-hydroxylation sites is 1. The molecule has 0 unspecified atom stereocenters. The van der Waals surface area contributed by atoms with Crippen LogP contribution < -0.4 is 19.1 Å². The topological polar surface area (TPSA) is 78.7 Å². The minimum absolute atomic E-state index is 0.135. The Balaban J connectivity index is 1.68. The van der Waals surface area contributed by atoms with Crippen LogP contribution in [0.2, 0.25) is 0 Å². The van der Waals surface area contributed by atoms with Gasteiger partial charge < -0.3 is 29.0 Å². The monoisotopic (exact) mass is 398 g/mol. The van der Waals surface area contributed by atoms with Crippen molar-refractivity contribution in [1.82, 2.24) is 0 Å². The summed E-state index contributed by atoms with van der Waals surface area (Å²) in [6.07, 6.45) is 1.64. The molecule has 0 spiro atoms. The molecule has 0 radical (unpaired) electrons. The first-order valence-electron chi connectivity index (χ1n) is 9.53. The largest absolute Gasteiger partial charge is 0.507 e. The van der Waals surface area contributed by atoms with Crippen molar-refractivity contribution in [3.63, 3.8) is 0 Å². The maximum Gasteiger partial charge on any atom is 0.231 e. The number of ketones is 1. The molecule has 2 aliphatic heterocycles. The summed E-state index contributed by atoms with van der Waals surface area (Å²) in [6.45, 7) is 3.64. The van der Waals surface area contributed by atoms with Crippen LogP contribution in [0.4, 0.5) is 0 Å². The molecule has 2 aromatic rings. The van der Waals surface area contributed by atoms with E-state index >= 15 is 0 Å². The number of aromatic hydroxyl groups is 1. The van der Waals surface area contributed by atoms with Crippen molar-refractivity contribution in [2.45, 2.75) is 6.54 Å². The van der Waals surface area contributed by atoms with Crippen molar-refractivity contribution >= 4 is 11.9 Å². The predicted octanol–water partition coefficient (Wildman–Crippen LogP) is 1.44. The van der Waals surface area contributed by atoms with E-state index in [2.05, 4.69) is 0 Å². The number of carbonyl (C=O) groups excluding carboxylic acids is 1. The van der Waals surface area contributed by atoms with Gasteiger partial charge in [-0.15, -0.1) is 0 Å². The molecule has 1 saturated heterocycles. The fourth-order valence-electron chi connectivity index (χ4n) is 3.72. The SMILES string of the molecule is COc1cccc(/C=C2\Oc3c(ccc(O)c3C[NH+]3CCOCC3)C2=O)c1OC. The van der Waals surface area contributed by atoms with Gasteiger partial charge in [0.2, 0.25) is 5.78 Å². The van der Waals surface area contributed by atoms with Crippen LogP contribution in [0.15, 0.2) is 36.1 Å². The van der Waals surface area contributed by atoms with Crippen LogP contribution in [0, 0.1) is 0 Å². The summed E-state index contributed by atoms with van der Waals surface area (Å²) in [6, 6.07) is 8.59. The van der Waals surface area contributed by atoms with Crippen molar-refractivity contribution in [3.8, 4) is 23.0 Å². The van der Waals surface area contributed by atoms with Gasteiger partial charge in [-0.3, -0.25) is 4.79 Å². The van der Waals surface area contributed by atoms with Crippen LogP contribution in [0.3, 0.4) is 0 Å². The van der Waals surface area contributed by atoms with E-state index in [9.17, 15) is 9.90 Å². The molecular formula is C22H24NO6+. The third-order valence-corrected chi connectivity index (χ3v) is 5.26. The van der Waals surface area contributed by atoms with E-state index in [4.69, 9.17) is 18.9 Å². The lowest BCUT2D eigenvalue weighted by molar-refractivity contribution is -0.921. The molecule has 29 heavy (non-hydrogen) atoms. The van der Waals surface area contributed by atoms with E-state index in [1.807, 2.05) is 12.1 Å². The van der Waals surface area contributed by atoms with Gasteiger partial charge in [0.05, 0.1) is 38.6 Å². The zero-order valence-corrected chi connectivity index (χ0v) is 16.5. The molecule has 0 aromatic heterocycles. The fraction of sp³-hybridized carbons (Fsp3) is 0.318.